The van der Waals surface area contributed by atoms with Crippen molar-refractivity contribution in [3.63, 3.8) is 0 Å². The Morgan fingerprint density at radius 3 is 2.58 bits per heavy atom. The molecule has 2 atom stereocenters. The van der Waals surface area contributed by atoms with Gasteiger partial charge in [-0.2, -0.15) is 5.26 Å². The lowest BCUT2D eigenvalue weighted by molar-refractivity contribution is 0.342. The summed E-state index contributed by atoms with van der Waals surface area (Å²) in [4.78, 5) is 12.9. The highest BCUT2D eigenvalue weighted by Crippen LogP contribution is 2.42. The zero-order valence-corrected chi connectivity index (χ0v) is 15.0. The van der Waals surface area contributed by atoms with Crippen LogP contribution in [-0.2, 0) is 5.54 Å². The number of hydrogen-bond acceptors (Lipinski definition) is 6. The van der Waals surface area contributed by atoms with Crippen LogP contribution in [0.25, 0.3) is 11.3 Å². The average molecular weight is 353 g/mol. The van der Waals surface area contributed by atoms with Gasteiger partial charge in [0.25, 0.3) is 0 Å². The summed E-state index contributed by atoms with van der Waals surface area (Å²) in [7, 11) is 1.51. The largest absolute Gasteiger partial charge is 0.480 e. The van der Waals surface area contributed by atoms with Crippen molar-refractivity contribution in [1.82, 2.24) is 9.97 Å². The summed E-state index contributed by atoms with van der Waals surface area (Å²) in [6.07, 6.45) is 4.12. The molecule has 1 aliphatic rings. The van der Waals surface area contributed by atoms with Crippen LogP contribution in [0.4, 0.5) is 4.39 Å². The predicted molar refractivity (Wildman–Crippen MR) is 95.9 cm³/mol. The van der Waals surface area contributed by atoms with E-state index in [1.165, 1.54) is 19.4 Å². The third-order valence-corrected chi connectivity index (χ3v) is 4.97. The molecular formula is C19H20FN5O. The molecule has 1 aromatic heterocycles. The van der Waals surface area contributed by atoms with Crippen molar-refractivity contribution in [2.24, 2.45) is 16.1 Å². The lowest BCUT2D eigenvalue weighted by Gasteiger charge is -2.36. The van der Waals surface area contributed by atoms with Gasteiger partial charge in [-0.1, -0.05) is 0 Å². The fraction of sp³-hybridized carbons (Fsp3) is 0.368. The molecule has 26 heavy (non-hydrogen) atoms. The zero-order valence-electron chi connectivity index (χ0n) is 15.0. The Morgan fingerprint density at radius 1 is 1.23 bits per heavy atom. The highest BCUT2D eigenvalue weighted by molar-refractivity contribution is 5.89. The van der Waals surface area contributed by atoms with E-state index < -0.39 is 11.0 Å². The van der Waals surface area contributed by atoms with E-state index in [0.717, 1.165) is 5.56 Å². The van der Waals surface area contributed by atoms with Gasteiger partial charge >= 0.3 is 0 Å². The summed E-state index contributed by atoms with van der Waals surface area (Å²) in [5, 5.41) is 9.34. The van der Waals surface area contributed by atoms with Crippen molar-refractivity contribution in [3.05, 3.63) is 42.0 Å². The number of nitriles is 1. The Kier molecular flexibility index (Phi) is 4.36. The Balaban J connectivity index is 2.04. The smallest absolute Gasteiger partial charge is 0.232 e. The highest BCUT2D eigenvalue weighted by atomic mass is 19.1. The van der Waals surface area contributed by atoms with Crippen LogP contribution in [0.5, 0.6) is 5.88 Å². The van der Waals surface area contributed by atoms with Crippen LogP contribution in [0, 0.1) is 22.6 Å². The molecule has 2 N–H and O–H groups in total. The SMILES string of the molecule is COc1cnc(-c2ccc(F)c([C@]3(C)CC[C@@](C)(C#N)C(N)=N3)c2)cn1. The fourth-order valence-corrected chi connectivity index (χ4v) is 3.04. The van der Waals surface area contributed by atoms with Crippen LogP contribution in [0.2, 0.25) is 0 Å². The summed E-state index contributed by atoms with van der Waals surface area (Å²) in [5.74, 6) is 0.279. The number of methoxy groups -OCH3 is 1. The first-order valence-electron chi connectivity index (χ1n) is 8.25. The maximum atomic E-state index is 14.6. The van der Waals surface area contributed by atoms with Crippen molar-refractivity contribution in [2.75, 3.05) is 7.11 Å². The van der Waals surface area contributed by atoms with Gasteiger partial charge < -0.3 is 10.5 Å². The molecule has 0 aliphatic carbocycles. The minimum atomic E-state index is -0.833. The first-order chi connectivity index (χ1) is 12.3. The molecule has 6 nitrogen and oxygen atoms in total. The van der Waals surface area contributed by atoms with Crippen LogP contribution in [-0.4, -0.2) is 22.9 Å². The number of nitrogens with zero attached hydrogens (tertiary/aromatic N) is 4. The van der Waals surface area contributed by atoms with Gasteiger partial charge in [0.15, 0.2) is 0 Å². The first-order valence-corrected chi connectivity index (χ1v) is 8.25. The molecule has 0 fully saturated rings. The number of ether oxygens (including phenoxy) is 1. The van der Waals surface area contributed by atoms with Gasteiger partial charge in [0.05, 0.1) is 36.8 Å². The molecular weight excluding hydrogens is 333 g/mol. The summed E-state index contributed by atoms with van der Waals surface area (Å²) < 4.78 is 19.6. The number of aliphatic imine (C=N–C) groups is 1. The summed E-state index contributed by atoms with van der Waals surface area (Å²) in [6, 6.07) is 6.96. The second-order valence-corrected chi connectivity index (χ2v) is 6.85. The van der Waals surface area contributed by atoms with Crippen LogP contribution >= 0.6 is 0 Å². The van der Waals surface area contributed by atoms with Crippen LogP contribution in [0.3, 0.4) is 0 Å². The van der Waals surface area contributed by atoms with Gasteiger partial charge in [-0.05, 0) is 44.9 Å². The van der Waals surface area contributed by atoms with E-state index >= 15 is 0 Å². The third kappa shape index (κ3) is 2.99. The van der Waals surface area contributed by atoms with Gasteiger partial charge in [0, 0.05) is 11.1 Å². The molecule has 0 saturated carbocycles. The Morgan fingerprint density at radius 2 is 2.00 bits per heavy atom. The van der Waals surface area contributed by atoms with Crippen molar-refractivity contribution >= 4 is 5.84 Å². The highest BCUT2D eigenvalue weighted by Gasteiger charge is 2.41. The van der Waals surface area contributed by atoms with Crippen molar-refractivity contribution in [3.8, 4) is 23.2 Å². The Labute approximate surface area is 151 Å². The van der Waals surface area contributed by atoms with Gasteiger partial charge in [-0.15, -0.1) is 0 Å². The standard InChI is InChI=1S/C19H20FN5O/c1-18(11-21)6-7-19(2,25-17(18)22)13-8-12(4-5-14(13)20)15-9-24-16(26-3)10-23-15/h4-5,8-10H,6-7H2,1-3H3,(H2,22,25)/t18-,19-/m0/s1. The molecule has 0 amide bonds. The number of halogens is 1. The second-order valence-electron chi connectivity index (χ2n) is 6.85. The number of amidine groups is 1. The first kappa shape index (κ1) is 17.8. The second kappa shape index (κ2) is 6.37. The van der Waals surface area contributed by atoms with E-state index in [1.807, 2.05) is 6.92 Å². The topological polar surface area (TPSA) is 97.2 Å². The maximum Gasteiger partial charge on any atom is 0.232 e. The predicted octanol–water partition coefficient (Wildman–Crippen LogP) is 3.19. The van der Waals surface area contributed by atoms with Crippen LogP contribution in [0.1, 0.15) is 32.3 Å². The molecule has 0 radical (unpaired) electrons. The number of nitrogens with two attached hydrogens (primary N) is 1. The van der Waals surface area contributed by atoms with E-state index in [0.29, 0.717) is 30.0 Å². The van der Waals surface area contributed by atoms with Gasteiger partial charge in [0.1, 0.15) is 17.1 Å². The lowest BCUT2D eigenvalue weighted by Crippen LogP contribution is -2.42. The summed E-state index contributed by atoms with van der Waals surface area (Å²) >= 11 is 0. The summed E-state index contributed by atoms with van der Waals surface area (Å²) in [5.41, 5.74) is 6.14. The molecule has 3 rings (SSSR count). The number of rotatable bonds is 3. The van der Waals surface area contributed by atoms with Crippen molar-refractivity contribution in [1.29, 1.82) is 5.26 Å². The Hall–Kier alpha value is -3.01. The lowest BCUT2D eigenvalue weighted by atomic mass is 9.75. The molecule has 0 spiro atoms. The zero-order chi connectivity index (χ0) is 18.9. The molecule has 1 aliphatic heterocycles. The van der Waals surface area contributed by atoms with E-state index in [-0.39, 0.29) is 11.7 Å². The normalized spacial score (nSPS) is 25.3. The molecule has 0 bridgehead atoms. The van der Waals surface area contributed by atoms with Gasteiger partial charge in [-0.3, -0.25) is 4.99 Å². The monoisotopic (exact) mass is 353 g/mol. The van der Waals surface area contributed by atoms with Gasteiger partial charge in [-0.25, -0.2) is 14.4 Å². The minimum Gasteiger partial charge on any atom is -0.480 e. The number of benzene rings is 1. The van der Waals surface area contributed by atoms with E-state index in [9.17, 15) is 9.65 Å². The van der Waals surface area contributed by atoms with Crippen LogP contribution < -0.4 is 10.5 Å². The quantitative estimate of drug-likeness (QED) is 0.914. The minimum absolute atomic E-state index is 0.239. The van der Waals surface area contributed by atoms with Crippen LogP contribution in [0.15, 0.2) is 35.6 Å². The molecule has 7 heteroatoms. The fourth-order valence-electron chi connectivity index (χ4n) is 3.04. The number of hydrogen-bond donors (Lipinski definition) is 1. The molecule has 2 heterocycles. The average Bonchev–Trinajstić information content (AvgIpc) is 2.65. The molecule has 0 unspecified atom stereocenters. The third-order valence-electron chi connectivity index (χ3n) is 4.97. The molecule has 2 aromatic rings. The van der Waals surface area contributed by atoms with E-state index in [2.05, 4.69) is 21.0 Å². The van der Waals surface area contributed by atoms with Crippen molar-refractivity contribution < 1.29 is 9.13 Å². The molecule has 1 aromatic carbocycles. The maximum absolute atomic E-state index is 14.6. The van der Waals surface area contributed by atoms with Crippen molar-refractivity contribution in [2.45, 2.75) is 32.2 Å². The van der Waals surface area contributed by atoms with E-state index in [1.54, 1.807) is 25.3 Å². The van der Waals surface area contributed by atoms with E-state index in [4.69, 9.17) is 10.5 Å². The molecule has 134 valence electrons. The summed E-state index contributed by atoms with van der Waals surface area (Å²) in [6.45, 7) is 3.59. The number of aromatic nitrogens is 2. The Bertz CT molecular complexity index is 905. The van der Waals surface area contributed by atoms with Gasteiger partial charge in [0.2, 0.25) is 5.88 Å². The molecule has 0 saturated heterocycles.